The monoisotopic (exact) mass is 642 g/mol. The van der Waals surface area contributed by atoms with Gasteiger partial charge in [0.1, 0.15) is 10.4 Å². The Balaban J connectivity index is 0.000000276. The number of hydrogen-bond donors (Lipinski definition) is 2. The first-order valence-electron chi connectivity index (χ1n) is 9.52. The average Bonchev–Trinajstić information content (AvgIpc) is 3.69. The maximum absolute atomic E-state index is 13.4. The van der Waals surface area contributed by atoms with Crippen LogP contribution in [0.4, 0.5) is 20.2 Å². The molecule has 13 heteroatoms. The summed E-state index contributed by atoms with van der Waals surface area (Å²) in [4.78, 5) is 29.8. The number of carbonyl (C=O) groups is 2. The molecule has 0 spiro atoms. The number of pyridine rings is 2. The van der Waals surface area contributed by atoms with Crippen molar-refractivity contribution in [2.45, 2.75) is 31.6 Å². The van der Waals surface area contributed by atoms with Crippen molar-refractivity contribution in [1.82, 2.24) is 9.97 Å². The Hall–Kier alpha value is -1.72. The van der Waals surface area contributed by atoms with Gasteiger partial charge in [-0.25, -0.2) is 41.2 Å². The number of hydrogen-bond acceptors (Lipinski definition) is 8. The number of anilines is 2. The summed E-state index contributed by atoms with van der Waals surface area (Å²) in [5.74, 6) is -2.26. The molecule has 33 heavy (non-hydrogen) atoms. The number of esters is 2. The third kappa shape index (κ3) is 9.58. The van der Waals surface area contributed by atoms with Crippen LogP contribution in [0.15, 0.2) is 16.7 Å². The minimum absolute atomic E-state index is 0.000741. The average molecular weight is 646 g/mol. The van der Waals surface area contributed by atoms with E-state index in [1.807, 2.05) is 0 Å². The summed E-state index contributed by atoms with van der Waals surface area (Å²) in [6, 6.07) is 2.14. The van der Waals surface area contributed by atoms with Crippen LogP contribution in [0.3, 0.4) is 0 Å². The predicted molar refractivity (Wildman–Crippen MR) is 122 cm³/mol. The molecule has 0 aromatic carbocycles. The van der Waals surface area contributed by atoms with Crippen molar-refractivity contribution in [2.75, 3.05) is 25.7 Å². The van der Waals surface area contributed by atoms with E-state index in [-0.39, 0.29) is 33.3 Å². The van der Waals surface area contributed by atoms with Crippen molar-refractivity contribution in [1.29, 1.82) is 0 Å². The summed E-state index contributed by atoms with van der Waals surface area (Å²) < 4.78 is 35.0. The van der Waals surface area contributed by atoms with Crippen LogP contribution in [0.2, 0.25) is 0 Å². The van der Waals surface area contributed by atoms with Crippen LogP contribution in [0.25, 0.3) is 0 Å². The van der Waals surface area contributed by atoms with Gasteiger partial charge in [0.25, 0.3) is 0 Å². The van der Waals surface area contributed by atoms with E-state index < -0.39 is 23.6 Å². The van der Waals surface area contributed by atoms with Crippen molar-refractivity contribution in [3.05, 3.63) is 51.9 Å². The van der Waals surface area contributed by atoms with Gasteiger partial charge < -0.3 is 27.4 Å². The number of rotatable bonds is 3. The second-order valence-electron chi connectivity index (χ2n) is 6.62. The molecule has 2 aromatic rings. The fourth-order valence-electron chi connectivity index (χ4n) is 2.16. The van der Waals surface area contributed by atoms with Gasteiger partial charge in [0.2, 0.25) is 0 Å². The predicted octanol–water partition coefficient (Wildman–Crippen LogP) is 4.65. The van der Waals surface area contributed by atoms with E-state index in [4.69, 9.17) is 11.5 Å². The molecule has 0 bridgehead atoms. The molecule has 4 rings (SSSR count). The van der Waals surface area contributed by atoms with Crippen molar-refractivity contribution >= 4 is 52.9 Å². The number of nitrogen functional groups attached to an aromatic ring is 2. The standard InChI is InChI=1S/C10H11FN2O2.C7H6BrFN2O2.C3H5.BrH.Zn/c1-15-10(14)9-7(12)4-6(11)8(13-9)5-2-3-5;1-13-7(12)5-4(10)2-3(9)6(8)11-5;1-2-3-1;;/h4-5H,2-3,12H2,1H3;2H,10H2,1H3;1H,2-3H2;1H;/q;;-1;;+2/p-1. The van der Waals surface area contributed by atoms with E-state index >= 15 is 0 Å². The number of nitrogens with two attached hydrogens (primary N) is 2. The molecular weight excluding hydrogens is 623 g/mol. The zero-order valence-corrected chi connectivity index (χ0v) is 24.2. The topological polar surface area (TPSA) is 130 Å². The molecule has 2 saturated carbocycles. The van der Waals surface area contributed by atoms with Crippen LogP contribution in [0.1, 0.15) is 58.3 Å². The molecule has 0 aliphatic heterocycles. The van der Waals surface area contributed by atoms with E-state index in [2.05, 4.69) is 55.4 Å². The van der Waals surface area contributed by atoms with Gasteiger partial charge in [0.05, 0.1) is 31.3 Å². The van der Waals surface area contributed by atoms with Gasteiger partial charge in [-0.2, -0.15) is 0 Å². The van der Waals surface area contributed by atoms with Crippen LogP contribution < -0.4 is 11.5 Å². The molecule has 4 N–H and O–H groups in total. The Labute approximate surface area is 215 Å². The van der Waals surface area contributed by atoms with Gasteiger partial charge in [-0.3, -0.25) is 0 Å². The molecule has 0 unspecified atom stereocenters. The Kier molecular flexibility index (Phi) is 12.9. The van der Waals surface area contributed by atoms with Gasteiger partial charge in [0, 0.05) is 18.1 Å². The number of halogens is 4. The maximum atomic E-state index is 13.4. The first-order valence-corrected chi connectivity index (χ1v) is 17.3. The van der Waals surface area contributed by atoms with E-state index in [1.54, 1.807) is 0 Å². The molecule has 2 aliphatic carbocycles. The molecule has 2 aliphatic rings. The van der Waals surface area contributed by atoms with Crippen LogP contribution in [-0.2, 0) is 25.8 Å². The first-order chi connectivity index (χ1) is 15.7. The van der Waals surface area contributed by atoms with Crippen molar-refractivity contribution in [2.24, 2.45) is 0 Å². The molecule has 8 nitrogen and oxygen atoms in total. The van der Waals surface area contributed by atoms with Gasteiger partial charge in [-0.15, -0.1) is 0 Å². The number of ether oxygens (including phenoxy) is 2. The number of nitrogens with zero attached hydrogens (tertiary/aromatic N) is 2. The Morgan fingerprint density at radius 3 is 1.82 bits per heavy atom. The molecule has 2 aromatic heterocycles. The third-order valence-electron chi connectivity index (χ3n) is 4.01. The van der Waals surface area contributed by atoms with Crippen LogP contribution in [0.5, 0.6) is 0 Å². The molecule has 0 atom stereocenters. The summed E-state index contributed by atoms with van der Waals surface area (Å²) >= 11 is 7.08. The summed E-state index contributed by atoms with van der Waals surface area (Å²) in [6.07, 6.45) is 6.82. The zero-order chi connectivity index (χ0) is 25.1. The van der Waals surface area contributed by atoms with Gasteiger partial charge >= 0.3 is 41.9 Å². The second-order valence-corrected chi connectivity index (χ2v) is 7.37. The van der Waals surface area contributed by atoms with E-state index in [1.165, 1.54) is 43.4 Å². The summed E-state index contributed by atoms with van der Waals surface area (Å²) in [6.45, 7) is 0. The number of aromatic nitrogens is 2. The van der Waals surface area contributed by atoms with E-state index in [0.29, 0.717) is 5.69 Å². The van der Waals surface area contributed by atoms with Crippen LogP contribution >= 0.6 is 29.6 Å². The Morgan fingerprint density at radius 1 is 1.00 bits per heavy atom. The first kappa shape index (κ1) is 29.3. The van der Waals surface area contributed by atoms with E-state index in [9.17, 15) is 18.4 Å². The van der Waals surface area contributed by atoms with E-state index in [0.717, 1.165) is 25.0 Å². The normalized spacial score (nSPS) is 13.1. The van der Waals surface area contributed by atoms with Gasteiger partial charge in [0.15, 0.2) is 17.2 Å². The fraction of sp³-hybridized carbons (Fsp3) is 0.350. The fourth-order valence-corrected chi connectivity index (χ4v) is 2.45. The third-order valence-corrected chi connectivity index (χ3v) is 4.56. The molecule has 0 saturated heterocycles. The summed E-state index contributed by atoms with van der Waals surface area (Å²) in [5, 5.41) is 0. The van der Waals surface area contributed by atoms with Crippen molar-refractivity contribution < 1.29 is 44.2 Å². The summed E-state index contributed by atoms with van der Waals surface area (Å²) in [7, 11) is 2.43. The van der Waals surface area contributed by atoms with Gasteiger partial charge in [-0.05, 0) is 28.8 Å². The molecule has 0 amide bonds. The molecule has 2 heterocycles. The summed E-state index contributed by atoms with van der Waals surface area (Å²) in [5.41, 5.74) is 11.0. The Morgan fingerprint density at radius 2 is 1.42 bits per heavy atom. The number of carbonyl (C=O) groups excluding carboxylic acids is 2. The molecule has 2 fully saturated rings. The zero-order valence-electron chi connectivity index (χ0n) is 18.0. The Bertz CT molecular complexity index is 977. The van der Waals surface area contributed by atoms with Crippen LogP contribution in [-0.4, -0.2) is 36.1 Å². The van der Waals surface area contributed by atoms with Crippen molar-refractivity contribution in [3.63, 3.8) is 0 Å². The number of methoxy groups -OCH3 is 2. The quantitative estimate of drug-likeness (QED) is 0.214. The van der Waals surface area contributed by atoms with Crippen LogP contribution in [0, 0.1) is 18.1 Å². The molecule has 176 valence electrons. The molecule has 0 radical (unpaired) electrons. The minimum atomic E-state index is -0.696. The molecular formula is C20H22Br2F2N4O4Zn. The van der Waals surface area contributed by atoms with Gasteiger partial charge in [-0.1, -0.05) is 0 Å². The van der Waals surface area contributed by atoms with Crippen molar-refractivity contribution in [3.8, 4) is 0 Å². The SMILES string of the molecule is COC(=O)c1nc(Br)c(F)cc1N.COC(=O)c1nc(C2CC2)c(F)cc1N.[CH-]1CC1.[Zn+][Br]. The second kappa shape index (κ2) is 14.5.